The summed E-state index contributed by atoms with van der Waals surface area (Å²) in [5, 5.41) is 9.90. The van der Waals surface area contributed by atoms with Gasteiger partial charge in [0.05, 0.1) is 13.5 Å². The van der Waals surface area contributed by atoms with E-state index in [2.05, 4.69) is 20.7 Å². The van der Waals surface area contributed by atoms with Gasteiger partial charge in [0.25, 0.3) is 0 Å². The number of rotatable bonds is 3. The summed E-state index contributed by atoms with van der Waals surface area (Å²) in [4.78, 5) is 11.2. The first-order valence-electron chi connectivity index (χ1n) is 5.19. The number of halogens is 2. The Morgan fingerprint density at radius 2 is 2.11 bits per heavy atom. The fourth-order valence-electron chi connectivity index (χ4n) is 1.79. The summed E-state index contributed by atoms with van der Waals surface area (Å²) < 4.78 is 5.46. The predicted molar refractivity (Wildman–Crippen MR) is 76.1 cm³/mol. The molecule has 1 atom stereocenters. The second kappa shape index (κ2) is 6.97. The summed E-state index contributed by atoms with van der Waals surface area (Å²) >= 11 is 3.43. The van der Waals surface area contributed by atoms with Gasteiger partial charge >= 0.3 is 5.97 Å². The molecule has 0 fully saturated rings. The van der Waals surface area contributed by atoms with E-state index in [0.717, 1.165) is 15.6 Å². The van der Waals surface area contributed by atoms with E-state index in [1.807, 2.05) is 13.8 Å². The van der Waals surface area contributed by atoms with Crippen molar-refractivity contribution in [1.82, 2.24) is 0 Å². The van der Waals surface area contributed by atoms with Crippen molar-refractivity contribution in [2.75, 3.05) is 7.11 Å². The molecule has 0 spiro atoms. The van der Waals surface area contributed by atoms with Gasteiger partial charge in [0.1, 0.15) is 5.75 Å². The third-order valence-electron chi connectivity index (χ3n) is 2.69. The molecule has 4 nitrogen and oxygen atoms in total. The van der Waals surface area contributed by atoms with Gasteiger partial charge in [-0.1, -0.05) is 15.9 Å². The van der Waals surface area contributed by atoms with Gasteiger partial charge in [-0.15, -0.1) is 12.4 Å². The van der Waals surface area contributed by atoms with E-state index in [1.165, 1.54) is 7.11 Å². The van der Waals surface area contributed by atoms with Crippen molar-refractivity contribution in [3.05, 3.63) is 27.2 Å². The molecular weight excluding hydrogens is 321 g/mol. The Hall–Kier alpha value is -0.780. The topological polar surface area (TPSA) is 72.5 Å². The molecule has 0 aliphatic rings. The Balaban J connectivity index is 0.00000289. The molecule has 1 aromatic carbocycles. The van der Waals surface area contributed by atoms with Crippen LogP contribution in [0.15, 0.2) is 10.5 Å². The summed E-state index contributed by atoms with van der Waals surface area (Å²) in [6.07, 6.45) is 0.0421. The molecule has 0 saturated heterocycles. The van der Waals surface area contributed by atoms with Crippen molar-refractivity contribution in [3.63, 3.8) is 0 Å². The van der Waals surface area contributed by atoms with E-state index in [1.54, 1.807) is 6.07 Å². The molecule has 6 heteroatoms. The number of hydrogen-bond donors (Lipinski definition) is 2. The smallest absolute Gasteiger partial charge is 0.307 e. The number of ether oxygens (including phenoxy) is 1. The average molecular weight is 339 g/mol. The van der Waals surface area contributed by atoms with Crippen LogP contribution in [0.2, 0.25) is 0 Å². The van der Waals surface area contributed by atoms with Crippen LogP contribution in [-0.4, -0.2) is 18.2 Å². The predicted octanol–water partition coefficient (Wildman–Crippen LogP) is 2.76. The van der Waals surface area contributed by atoms with Gasteiger partial charge in [-0.3, -0.25) is 4.79 Å². The van der Waals surface area contributed by atoms with E-state index in [-0.39, 0.29) is 24.6 Å². The first kappa shape index (κ1) is 17.2. The molecule has 1 aromatic rings. The summed E-state index contributed by atoms with van der Waals surface area (Å²) in [7, 11) is 1.31. The van der Waals surface area contributed by atoms with Gasteiger partial charge < -0.3 is 15.6 Å². The second-order valence-corrected chi connectivity index (χ2v) is 4.74. The maximum atomic E-state index is 11.2. The van der Waals surface area contributed by atoms with Crippen LogP contribution in [0, 0.1) is 13.8 Å². The van der Waals surface area contributed by atoms with Crippen LogP contribution in [0.25, 0.3) is 0 Å². The molecule has 0 amide bonds. The molecular formula is C12H17BrClNO3. The first-order chi connectivity index (χ1) is 7.88. The molecule has 0 aromatic heterocycles. The van der Waals surface area contributed by atoms with Crippen LogP contribution in [0.3, 0.4) is 0 Å². The van der Waals surface area contributed by atoms with Gasteiger partial charge in [0.2, 0.25) is 0 Å². The summed E-state index contributed by atoms with van der Waals surface area (Å²) in [6.45, 7) is 3.73. The number of phenols is 1. The highest BCUT2D eigenvalue weighted by Crippen LogP contribution is 2.35. The number of methoxy groups -OCH3 is 1. The lowest BCUT2D eigenvalue weighted by atomic mass is 9.96. The summed E-state index contributed by atoms with van der Waals surface area (Å²) in [6, 6.07) is 1.06. The number of benzene rings is 1. The Bertz CT molecular complexity index is 451. The van der Waals surface area contributed by atoms with Gasteiger partial charge in [-0.2, -0.15) is 0 Å². The van der Waals surface area contributed by atoms with Crippen LogP contribution in [0.4, 0.5) is 0 Å². The molecule has 0 saturated carbocycles. The Kier molecular flexibility index (Phi) is 6.67. The first-order valence-corrected chi connectivity index (χ1v) is 5.98. The summed E-state index contributed by atoms with van der Waals surface area (Å²) in [5.74, 6) is -0.285. The van der Waals surface area contributed by atoms with Gasteiger partial charge in [-0.25, -0.2) is 0 Å². The molecule has 0 aliphatic carbocycles. The number of esters is 1. The standard InChI is InChI=1S/C12H16BrNO3.ClH/c1-6-4-9(15)11(7(2)12(6)13)8(14)5-10(16)17-3;/h4,8,15H,5,14H2,1-3H3;1H/t8-;/m0./s1. The largest absolute Gasteiger partial charge is 0.508 e. The van der Waals surface area contributed by atoms with Crippen molar-refractivity contribution >= 4 is 34.3 Å². The number of carbonyl (C=O) groups excluding carboxylic acids is 1. The number of carbonyl (C=O) groups is 1. The SMILES string of the molecule is COC(=O)C[C@H](N)c1c(O)cc(C)c(Br)c1C.Cl. The molecule has 0 aliphatic heterocycles. The van der Waals surface area contributed by atoms with E-state index < -0.39 is 12.0 Å². The Morgan fingerprint density at radius 3 is 2.61 bits per heavy atom. The minimum absolute atomic E-state index is 0. The zero-order valence-corrected chi connectivity index (χ0v) is 12.9. The van der Waals surface area contributed by atoms with E-state index in [0.29, 0.717) is 5.56 Å². The second-order valence-electron chi connectivity index (χ2n) is 3.95. The normalized spacial score (nSPS) is 11.6. The highest BCUT2D eigenvalue weighted by molar-refractivity contribution is 9.10. The molecule has 0 heterocycles. The molecule has 102 valence electrons. The van der Waals surface area contributed by atoms with Crippen molar-refractivity contribution in [3.8, 4) is 5.75 Å². The molecule has 18 heavy (non-hydrogen) atoms. The van der Waals surface area contributed by atoms with Crippen molar-refractivity contribution in [2.45, 2.75) is 26.3 Å². The monoisotopic (exact) mass is 337 g/mol. The van der Waals surface area contributed by atoms with E-state index >= 15 is 0 Å². The Morgan fingerprint density at radius 1 is 1.56 bits per heavy atom. The number of hydrogen-bond acceptors (Lipinski definition) is 4. The van der Waals surface area contributed by atoms with Crippen LogP contribution >= 0.6 is 28.3 Å². The molecule has 3 N–H and O–H groups in total. The van der Waals surface area contributed by atoms with Gasteiger partial charge in [0.15, 0.2) is 0 Å². The van der Waals surface area contributed by atoms with Crippen LogP contribution in [-0.2, 0) is 9.53 Å². The van der Waals surface area contributed by atoms with Gasteiger partial charge in [0, 0.05) is 16.1 Å². The highest BCUT2D eigenvalue weighted by atomic mass is 79.9. The van der Waals surface area contributed by atoms with Crippen LogP contribution in [0.5, 0.6) is 5.75 Å². The van der Waals surface area contributed by atoms with Gasteiger partial charge in [-0.05, 0) is 31.0 Å². The van der Waals surface area contributed by atoms with E-state index in [4.69, 9.17) is 5.73 Å². The molecule has 0 unspecified atom stereocenters. The third kappa shape index (κ3) is 3.60. The number of nitrogens with two attached hydrogens (primary N) is 1. The van der Waals surface area contributed by atoms with Crippen molar-refractivity contribution < 1.29 is 14.6 Å². The zero-order chi connectivity index (χ0) is 13.2. The van der Waals surface area contributed by atoms with Crippen molar-refractivity contribution in [1.29, 1.82) is 0 Å². The average Bonchev–Trinajstić information content (AvgIpc) is 2.25. The Labute approximate surface area is 121 Å². The zero-order valence-electron chi connectivity index (χ0n) is 10.5. The van der Waals surface area contributed by atoms with Crippen LogP contribution < -0.4 is 5.73 Å². The third-order valence-corrected chi connectivity index (χ3v) is 3.91. The quantitative estimate of drug-likeness (QED) is 0.831. The molecule has 1 rings (SSSR count). The molecule has 0 radical (unpaired) electrons. The fourth-order valence-corrected chi connectivity index (χ4v) is 2.11. The minimum atomic E-state index is -0.570. The lowest BCUT2D eigenvalue weighted by molar-refractivity contribution is -0.141. The lowest BCUT2D eigenvalue weighted by Crippen LogP contribution is -2.17. The highest BCUT2D eigenvalue weighted by Gasteiger charge is 2.20. The number of aromatic hydroxyl groups is 1. The summed E-state index contributed by atoms with van der Waals surface area (Å²) in [5.41, 5.74) is 8.26. The van der Waals surface area contributed by atoms with Crippen LogP contribution in [0.1, 0.15) is 29.2 Å². The number of phenolic OH excluding ortho intramolecular Hbond substituents is 1. The molecule has 0 bridgehead atoms. The van der Waals surface area contributed by atoms with Crippen molar-refractivity contribution in [2.24, 2.45) is 5.73 Å². The fraction of sp³-hybridized carbons (Fsp3) is 0.417. The maximum Gasteiger partial charge on any atom is 0.307 e. The van der Waals surface area contributed by atoms with E-state index in [9.17, 15) is 9.90 Å². The maximum absolute atomic E-state index is 11.2. The number of aryl methyl sites for hydroxylation is 1. The minimum Gasteiger partial charge on any atom is -0.508 e. The lowest BCUT2D eigenvalue weighted by Gasteiger charge is -2.17.